The molecule has 4 rings (SSSR count). The van der Waals surface area contributed by atoms with Crippen molar-refractivity contribution in [2.75, 3.05) is 25.7 Å². The molecule has 2 N–H and O–H groups in total. The number of carbonyl (C=O) groups is 2. The second kappa shape index (κ2) is 10.7. The molecule has 188 valence electrons. The molecule has 1 unspecified atom stereocenters. The maximum atomic E-state index is 13.3. The second-order valence-corrected chi connectivity index (χ2v) is 8.01. The lowest BCUT2D eigenvalue weighted by molar-refractivity contribution is -0.139. The second-order valence-electron chi connectivity index (χ2n) is 8.01. The molecule has 2 aromatic carbocycles. The van der Waals surface area contributed by atoms with Crippen LogP contribution in [0.4, 0.5) is 5.69 Å². The van der Waals surface area contributed by atoms with Crippen molar-refractivity contribution in [2.45, 2.75) is 12.8 Å². The summed E-state index contributed by atoms with van der Waals surface area (Å²) >= 11 is 0. The Labute approximate surface area is 214 Å². The van der Waals surface area contributed by atoms with Crippen molar-refractivity contribution >= 4 is 17.6 Å². The molecule has 3 aromatic rings. The normalized spacial score (nSPS) is 15.3. The number of nitrogens with two attached hydrogens (primary N) is 1. The molecule has 1 aliphatic rings. The first kappa shape index (κ1) is 25.1. The van der Waals surface area contributed by atoms with E-state index in [1.807, 2.05) is 42.1 Å². The number of ether oxygens (including phenoxy) is 3. The van der Waals surface area contributed by atoms with Gasteiger partial charge in [-0.1, -0.05) is 30.3 Å². The van der Waals surface area contributed by atoms with Gasteiger partial charge in [0.1, 0.15) is 17.3 Å². The minimum absolute atomic E-state index is 0.00739. The van der Waals surface area contributed by atoms with Crippen molar-refractivity contribution < 1.29 is 23.8 Å². The van der Waals surface area contributed by atoms with Gasteiger partial charge < -0.3 is 24.5 Å². The number of allylic oxidation sites excluding steroid dienone is 1. The fraction of sp³-hybridized carbons (Fsp3) is 0.179. The maximum absolute atomic E-state index is 13.3. The molecule has 0 aliphatic carbocycles. The van der Waals surface area contributed by atoms with E-state index in [-0.39, 0.29) is 22.7 Å². The average Bonchev–Trinajstić information content (AvgIpc) is 3.47. The lowest BCUT2D eigenvalue weighted by atomic mass is 9.81. The Morgan fingerprint density at radius 1 is 1.00 bits per heavy atom. The van der Waals surface area contributed by atoms with E-state index in [1.54, 1.807) is 42.5 Å². The van der Waals surface area contributed by atoms with Crippen molar-refractivity contribution in [2.24, 2.45) is 5.73 Å². The average molecular weight is 499 g/mol. The Bertz CT molecular complexity index is 1420. The number of hydrogen-bond donors (Lipinski definition) is 1. The SMILES string of the molecule is CCOc1ccc(N2C(N)=C(C#N)C(c3ccccc3)C(C(=O)OC)=C2C(=O)OC)cc1-n1cccc1. The molecule has 0 spiro atoms. The quantitative estimate of drug-likeness (QED) is 0.489. The van der Waals surface area contributed by atoms with Gasteiger partial charge in [0.05, 0.1) is 55.3 Å². The Morgan fingerprint density at radius 3 is 2.27 bits per heavy atom. The molecule has 0 saturated carbocycles. The van der Waals surface area contributed by atoms with Gasteiger partial charge in [0.2, 0.25) is 0 Å². The van der Waals surface area contributed by atoms with Crippen molar-refractivity contribution in [3.8, 4) is 17.5 Å². The zero-order valence-corrected chi connectivity index (χ0v) is 20.7. The number of benzene rings is 2. The minimum Gasteiger partial charge on any atom is -0.492 e. The monoisotopic (exact) mass is 498 g/mol. The molecule has 0 fully saturated rings. The summed E-state index contributed by atoms with van der Waals surface area (Å²) in [6.45, 7) is 2.32. The third kappa shape index (κ3) is 4.52. The Hall–Kier alpha value is -4.97. The van der Waals surface area contributed by atoms with E-state index in [2.05, 4.69) is 6.07 Å². The Kier molecular flexibility index (Phi) is 7.30. The van der Waals surface area contributed by atoms with Gasteiger partial charge in [0, 0.05) is 12.4 Å². The van der Waals surface area contributed by atoms with Crippen LogP contribution in [0.3, 0.4) is 0 Å². The smallest absolute Gasteiger partial charge is 0.355 e. The van der Waals surface area contributed by atoms with Crippen molar-refractivity contribution in [3.63, 3.8) is 0 Å². The van der Waals surface area contributed by atoms with Crippen LogP contribution in [0.5, 0.6) is 5.75 Å². The molecule has 1 aliphatic heterocycles. The third-order valence-corrected chi connectivity index (χ3v) is 5.99. The summed E-state index contributed by atoms with van der Waals surface area (Å²) < 4.78 is 17.8. The molecule has 0 radical (unpaired) electrons. The molecular formula is C28H26N4O5. The summed E-state index contributed by atoms with van der Waals surface area (Å²) in [5.41, 5.74) is 8.19. The Balaban J connectivity index is 2.04. The van der Waals surface area contributed by atoms with Gasteiger partial charge in [-0.05, 0) is 42.8 Å². The van der Waals surface area contributed by atoms with Gasteiger partial charge >= 0.3 is 11.9 Å². The zero-order chi connectivity index (χ0) is 26.5. The van der Waals surface area contributed by atoms with Crippen LogP contribution in [0, 0.1) is 11.3 Å². The molecule has 1 aromatic heterocycles. The molecule has 0 bridgehead atoms. The number of nitriles is 1. The summed E-state index contributed by atoms with van der Waals surface area (Å²) in [5, 5.41) is 10.2. The zero-order valence-electron chi connectivity index (χ0n) is 20.7. The van der Waals surface area contributed by atoms with Gasteiger partial charge in [-0.15, -0.1) is 0 Å². The highest BCUT2D eigenvalue weighted by Crippen LogP contribution is 2.44. The van der Waals surface area contributed by atoms with Gasteiger partial charge in [0.25, 0.3) is 0 Å². The summed E-state index contributed by atoms with van der Waals surface area (Å²) in [6, 6.07) is 19.9. The maximum Gasteiger partial charge on any atom is 0.355 e. The van der Waals surface area contributed by atoms with E-state index < -0.39 is 17.9 Å². The van der Waals surface area contributed by atoms with Gasteiger partial charge in [-0.25, -0.2) is 9.59 Å². The minimum atomic E-state index is -0.935. The molecule has 1 atom stereocenters. The van der Waals surface area contributed by atoms with Crippen LogP contribution in [0.25, 0.3) is 5.69 Å². The number of hydrogen-bond acceptors (Lipinski definition) is 8. The lowest BCUT2D eigenvalue weighted by Crippen LogP contribution is -2.40. The van der Waals surface area contributed by atoms with E-state index in [0.29, 0.717) is 29.3 Å². The van der Waals surface area contributed by atoms with E-state index in [0.717, 1.165) is 0 Å². The first-order valence-corrected chi connectivity index (χ1v) is 11.5. The van der Waals surface area contributed by atoms with Crippen LogP contribution in [-0.2, 0) is 19.1 Å². The van der Waals surface area contributed by atoms with E-state index >= 15 is 0 Å². The number of rotatable bonds is 7. The first-order valence-electron chi connectivity index (χ1n) is 11.5. The standard InChI is InChI=1S/C28H26N4O5/c1-4-37-22-13-12-19(16-21(22)31-14-8-9-15-31)32-25(28(34)36-3)24(27(33)35-2)23(20(17-29)26(32)30)18-10-6-5-7-11-18/h5-16,23H,4,30H2,1-3H3. The van der Waals surface area contributed by atoms with Crippen molar-refractivity contribution in [1.29, 1.82) is 5.26 Å². The van der Waals surface area contributed by atoms with Gasteiger partial charge in [0.15, 0.2) is 0 Å². The largest absolute Gasteiger partial charge is 0.492 e. The van der Waals surface area contributed by atoms with E-state index in [9.17, 15) is 14.9 Å². The first-order chi connectivity index (χ1) is 18.0. The molecule has 0 amide bonds. The summed E-state index contributed by atoms with van der Waals surface area (Å²) in [4.78, 5) is 27.8. The third-order valence-electron chi connectivity index (χ3n) is 5.99. The van der Waals surface area contributed by atoms with Gasteiger partial charge in [-0.3, -0.25) is 4.90 Å². The highest BCUT2D eigenvalue weighted by Gasteiger charge is 2.43. The molecule has 9 nitrogen and oxygen atoms in total. The fourth-order valence-electron chi connectivity index (χ4n) is 4.40. The molecule has 2 heterocycles. The molecular weight excluding hydrogens is 472 g/mol. The number of nitrogens with zero attached hydrogens (tertiary/aromatic N) is 3. The highest BCUT2D eigenvalue weighted by molar-refractivity contribution is 6.06. The highest BCUT2D eigenvalue weighted by atomic mass is 16.5. The van der Waals surface area contributed by atoms with Crippen LogP contribution in [0.1, 0.15) is 18.4 Å². The predicted octanol–water partition coefficient (Wildman–Crippen LogP) is 3.77. The predicted molar refractivity (Wildman–Crippen MR) is 136 cm³/mol. The summed E-state index contributed by atoms with van der Waals surface area (Å²) in [7, 11) is 2.43. The van der Waals surface area contributed by atoms with Crippen LogP contribution in [0.2, 0.25) is 0 Å². The molecule has 37 heavy (non-hydrogen) atoms. The van der Waals surface area contributed by atoms with Crippen LogP contribution in [-0.4, -0.2) is 37.3 Å². The van der Waals surface area contributed by atoms with Crippen LogP contribution in [0.15, 0.2) is 95.7 Å². The fourth-order valence-corrected chi connectivity index (χ4v) is 4.40. The molecule has 9 heteroatoms. The number of anilines is 1. The van der Waals surface area contributed by atoms with Crippen molar-refractivity contribution in [1.82, 2.24) is 4.57 Å². The number of methoxy groups -OCH3 is 2. The number of aromatic nitrogens is 1. The summed E-state index contributed by atoms with van der Waals surface area (Å²) in [5.74, 6) is -1.93. The van der Waals surface area contributed by atoms with Crippen LogP contribution < -0.4 is 15.4 Å². The lowest BCUT2D eigenvalue weighted by Gasteiger charge is -2.36. The van der Waals surface area contributed by atoms with Crippen molar-refractivity contribution in [3.05, 3.63) is 101 Å². The summed E-state index contributed by atoms with van der Waals surface area (Å²) in [6.07, 6.45) is 3.69. The van der Waals surface area contributed by atoms with E-state index in [1.165, 1.54) is 19.1 Å². The number of carbonyl (C=O) groups excluding carboxylic acids is 2. The molecule has 0 saturated heterocycles. The number of esters is 2. The van der Waals surface area contributed by atoms with Crippen LogP contribution >= 0.6 is 0 Å². The van der Waals surface area contributed by atoms with E-state index in [4.69, 9.17) is 19.9 Å². The Morgan fingerprint density at radius 2 is 1.68 bits per heavy atom. The van der Waals surface area contributed by atoms with Gasteiger partial charge in [-0.2, -0.15) is 5.26 Å². The topological polar surface area (TPSA) is 120 Å².